The van der Waals surface area contributed by atoms with E-state index in [2.05, 4.69) is 0 Å². The average molecular weight is 212 g/mol. The molecule has 2 nitrogen and oxygen atoms in total. The highest BCUT2D eigenvalue weighted by Gasteiger charge is 2.27. The summed E-state index contributed by atoms with van der Waals surface area (Å²) in [5.41, 5.74) is 0. The summed E-state index contributed by atoms with van der Waals surface area (Å²) >= 11 is 0. The van der Waals surface area contributed by atoms with E-state index in [0.29, 0.717) is 6.42 Å². The molecule has 2 unspecified atom stereocenters. The van der Waals surface area contributed by atoms with Crippen molar-refractivity contribution in [3.05, 3.63) is 0 Å². The number of aliphatic carboxylic acids is 1. The molecule has 0 radical (unpaired) electrons. The third kappa shape index (κ3) is 5.83. The fourth-order valence-electron chi connectivity index (χ4n) is 1.12. The van der Waals surface area contributed by atoms with Gasteiger partial charge in [-0.2, -0.15) is 13.2 Å². The molecule has 0 aromatic heterocycles. The summed E-state index contributed by atoms with van der Waals surface area (Å²) in [5.74, 6) is -1.75. The molecule has 0 rings (SSSR count). The number of alkyl halides is 3. The van der Waals surface area contributed by atoms with Crippen molar-refractivity contribution in [2.45, 2.75) is 39.3 Å². The highest BCUT2D eigenvalue weighted by atomic mass is 19.4. The summed E-state index contributed by atoms with van der Waals surface area (Å²) in [7, 11) is 0. The van der Waals surface area contributed by atoms with E-state index >= 15 is 0 Å². The first-order valence-corrected chi connectivity index (χ1v) is 4.53. The van der Waals surface area contributed by atoms with Crippen LogP contribution in [0.4, 0.5) is 13.2 Å². The Morgan fingerprint density at radius 3 is 2.21 bits per heavy atom. The van der Waals surface area contributed by atoms with Gasteiger partial charge >= 0.3 is 12.1 Å². The third-order valence-electron chi connectivity index (χ3n) is 2.36. The molecule has 0 aromatic carbocycles. The first-order chi connectivity index (χ1) is 6.24. The second-order valence-electron chi connectivity index (χ2n) is 3.61. The highest BCUT2D eigenvalue weighted by Crippen LogP contribution is 2.25. The minimum absolute atomic E-state index is 0.00227. The summed E-state index contributed by atoms with van der Waals surface area (Å²) in [6.07, 6.45) is -4.66. The Labute approximate surface area is 81.1 Å². The molecular formula is C9H15F3O2. The molecule has 2 atom stereocenters. The van der Waals surface area contributed by atoms with Crippen LogP contribution in [-0.4, -0.2) is 17.3 Å². The van der Waals surface area contributed by atoms with Gasteiger partial charge in [0.2, 0.25) is 0 Å². The number of carbonyl (C=O) groups is 1. The first-order valence-electron chi connectivity index (χ1n) is 4.53. The molecule has 1 N–H and O–H groups in total. The molecular weight excluding hydrogens is 197 g/mol. The normalized spacial score (nSPS) is 16.4. The predicted molar refractivity (Wildman–Crippen MR) is 45.9 cm³/mol. The van der Waals surface area contributed by atoms with Crippen LogP contribution in [0.2, 0.25) is 0 Å². The zero-order chi connectivity index (χ0) is 11.4. The van der Waals surface area contributed by atoms with Crippen LogP contribution >= 0.6 is 0 Å². The van der Waals surface area contributed by atoms with Gasteiger partial charge in [0, 0.05) is 6.42 Å². The Bertz CT molecular complexity index is 189. The minimum Gasteiger partial charge on any atom is -0.481 e. The van der Waals surface area contributed by atoms with Crippen molar-refractivity contribution in [1.29, 1.82) is 0 Å². The summed E-state index contributed by atoms with van der Waals surface area (Å²) in [6, 6.07) is 0. The predicted octanol–water partition coefficient (Wildman–Crippen LogP) is 3.08. The van der Waals surface area contributed by atoms with Crippen LogP contribution in [0.25, 0.3) is 0 Å². The van der Waals surface area contributed by atoms with Gasteiger partial charge in [0.25, 0.3) is 0 Å². The van der Waals surface area contributed by atoms with Crippen molar-refractivity contribution in [3.63, 3.8) is 0 Å². The lowest BCUT2D eigenvalue weighted by molar-refractivity contribution is -0.143. The quantitative estimate of drug-likeness (QED) is 0.760. The second-order valence-corrected chi connectivity index (χ2v) is 3.61. The van der Waals surface area contributed by atoms with E-state index in [4.69, 9.17) is 5.11 Å². The highest BCUT2D eigenvalue weighted by molar-refractivity contribution is 5.69. The van der Waals surface area contributed by atoms with Gasteiger partial charge in [0.15, 0.2) is 0 Å². The van der Waals surface area contributed by atoms with Crippen LogP contribution in [0, 0.1) is 11.8 Å². The largest absolute Gasteiger partial charge is 0.481 e. The lowest BCUT2D eigenvalue weighted by Gasteiger charge is -2.15. The van der Waals surface area contributed by atoms with Crippen molar-refractivity contribution in [2.24, 2.45) is 11.8 Å². The number of halogens is 3. The lowest BCUT2D eigenvalue weighted by Crippen LogP contribution is -2.18. The second kappa shape index (κ2) is 5.22. The van der Waals surface area contributed by atoms with Gasteiger partial charge < -0.3 is 5.11 Å². The van der Waals surface area contributed by atoms with Gasteiger partial charge in [-0.1, -0.05) is 13.8 Å². The van der Waals surface area contributed by atoms with Crippen molar-refractivity contribution in [3.8, 4) is 0 Å². The maximum absolute atomic E-state index is 11.7. The third-order valence-corrected chi connectivity index (χ3v) is 2.36. The standard InChI is InChI=1S/C9H15F3O2/c1-6(7(2)8(13)14)4-3-5-9(10,11)12/h6-7H,3-5H2,1-2H3,(H,13,14). The van der Waals surface area contributed by atoms with Gasteiger partial charge in [-0.05, 0) is 18.8 Å². The van der Waals surface area contributed by atoms with E-state index in [1.807, 2.05) is 0 Å². The monoisotopic (exact) mass is 212 g/mol. The minimum atomic E-state index is -4.13. The number of hydrogen-bond donors (Lipinski definition) is 1. The number of carboxylic acids is 1. The number of carboxylic acid groups (broad SMARTS) is 1. The molecule has 5 heteroatoms. The molecule has 0 aliphatic heterocycles. The Morgan fingerprint density at radius 1 is 1.36 bits per heavy atom. The average Bonchev–Trinajstić information content (AvgIpc) is 2.00. The molecule has 0 aromatic rings. The number of rotatable bonds is 5. The van der Waals surface area contributed by atoms with Gasteiger partial charge in [-0.3, -0.25) is 4.79 Å². The molecule has 0 fully saturated rings. The molecule has 0 heterocycles. The van der Waals surface area contributed by atoms with Crippen molar-refractivity contribution in [1.82, 2.24) is 0 Å². The molecule has 0 bridgehead atoms. The van der Waals surface area contributed by atoms with Gasteiger partial charge in [-0.15, -0.1) is 0 Å². The Kier molecular flexibility index (Phi) is 4.94. The van der Waals surface area contributed by atoms with E-state index in [0.717, 1.165) is 0 Å². The molecule has 0 saturated heterocycles. The van der Waals surface area contributed by atoms with Crippen LogP contribution in [-0.2, 0) is 4.79 Å². The van der Waals surface area contributed by atoms with Crippen LogP contribution in [0.5, 0.6) is 0 Å². The van der Waals surface area contributed by atoms with Crippen LogP contribution < -0.4 is 0 Å². The Morgan fingerprint density at radius 2 is 1.86 bits per heavy atom. The van der Waals surface area contributed by atoms with E-state index in [1.54, 1.807) is 6.92 Å². The topological polar surface area (TPSA) is 37.3 Å². The zero-order valence-corrected chi connectivity index (χ0v) is 8.27. The van der Waals surface area contributed by atoms with E-state index in [9.17, 15) is 18.0 Å². The van der Waals surface area contributed by atoms with Crippen molar-refractivity contribution < 1.29 is 23.1 Å². The summed E-state index contributed by atoms with van der Waals surface area (Å²) in [4.78, 5) is 10.5. The maximum Gasteiger partial charge on any atom is 0.389 e. The molecule has 0 amide bonds. The molecule has 14 heavy (non-hydrogen) atoms. The van der Waals surface area contributed by atoms with Gasteiger partial charge in [0.1, 0.15) is 0 Å². The van der Waals surface area contributed by atoms with Crippen LogP contribution in [0.1, 0.15) is 33.1 Å². The van der Waals surface area contributed by atoms with Crippen molar-refractivity contribution in [2.75, 3.05) is 0 Å². The lowest BCUT2D eigenvalue weighted by atomic mass is 9.91. The molecule has 0 aliphatic rings. The van der Waals surface area contributed by atoms with Crippen LogP contribution in [0.3, 0.4) is 0 Å². The SMILES string of the molecule is CC(CCCC(F)(F)F)C(C)C(=O)O. The first kappa shape index (κ1) is 13.3. The van der Waals surface area contributed by atoms with E-state index in [-0.39, 0.29) is 12.3 Å². The summed E-state index contributed by atoms with van der Waals surface area (Å²) in [5, 5.41) is 8.59. The smallest absolute Gasteiger partial charge is 0.389 e. The molecule has 0 aliphatic carbocycles. The van der Waals surface area contributed by atoms with Crippen LogP contribution in [0.15, 0.2) is 0 Å². The number of hydrogen-bond acceptors (Lipinski definition) is 1. The fourth-order valence-corrected chi connectivity index (χ4v) is 1.12. The molecule has 0 saturated carbocycles. The zero-order valence-electron chi connectivity index (χ0n) is 8.27. The van der Waals surface area contributed by atoms with E-state index < -0.39 is 24.5 Å². The summed E-state index contributed by atoms with van der Waals surface area (Å²) < 4.78 is 35.2. The maximum atomic E-state index is 11.7. The van der Waals surface area contributed by atoms with Crippen molar-refractivity contribution >= 4 is 5.97 Å². The Hall–Kier alpha value is -0.740. The summed E-state index contributed by atoms with van der Waals surface area (Å²) in [6.45, 7) is 3.18. The van der Waals surface area contributed by atoms with E-state index in [1.165, 1.54) is 6.92 Å². The molecule has 0 spiro atoms. The Balaban J connectivity index is 3.75. The molecule has 84 valence electrons. The van der Waals surface area contributed by atoms with Gasteiger partial charge in [-0.25, -0.2) is 0 Å². The fraction of sp³-hybridized carbons (Fsp3) is 0.889. The van der Waals surface area contributed by atoms with Gasteiger partial charge in [0.05, 0.1) is 5.92 Å².